The van der Waals surface area contributed by atoms with Crippen LogP contribution in [0.3, 0.4) is 0 Å². The molecule has 0 bridgehead atoms. The van der Waals surface area contributed by atoms with E-state index in [2.05, 4.69) is 27.7 Å². The van der Waals surface area contributed by atoms with Crippen molar-refractivity contribution < 1.29 is 17.0 Å². The molecule has 0 aliphatic rings. The molecule has 0 aliphatic carbocycles. The second-order valence-corrected chi connectivity index (χ2v) is 17.9. The Bertz CT molecular complexity index is 396. The van der Waals surface area contributed by atoms with Crippen LogP contribution in [0, 0.1) is 0 Å². The van der Waals surface area contributed by atoms with E-state index in [9.17, 15) is 0 Å². The quantitative estimate of drug-likeness (QED) is 0.0482. The molecule has 0 nitrogen and oxygen atoms in total. The summed E-state index contributed by atoms with van der Waals surface area (Å²) in [5.74, 6) is 0. The molecular formula is C38H80BrP. The predicted molar refractivity (Wildman–Crippen MR) is 188 cm³/mol. The first-order valence-electron chi connectivity index (χ1n) is 19.1. The summed E-state index contributed by atoms with van der Waals surface area (Å²) in [4.78, 5) is 0. The van der Waals surface area contributed by atoms with Gasteiger partial charge in [-0.3, -0.25) is 0 Å². The van der Waals surface area contributed by atoms with Crippen molar-refractivity contribution in [2.75, 3.05) is 24.6 Å². The Kier molecular flexibility index (Phi) is 38.8. The third-order valence-electron chi connectivity index (χ3n) is 9.44. The maximum atomic E-state index is 2.35. The van der Waals surface area contributed by atoms with Gasteiger partial charge in [-0.15, -0.1) is 0 Å². The Balaban J connectivity index is 0. The number of hydrogen-bond donors (Lipinski definition) is 0. The van der Waals surface area contributed by atoms with Gasteiger partial charge in [0, 0.05) is 7.26 Å². The van der Waals surface area contributed by atoms with Gasteiger partial charge < -0.3 is 17.0 Å². The molecule has 0 rings (SSSR count). The van der Waals surface area contributed by atoms with Crippen LogP contribution < -0.4 is 17.0 Å². The molecule has 2 heteroatoms. The molecule has 0 aromatic rings. The monoisotopic (exact) mass is 647 g/mol. The van der Waals surface area contributed by atoms with Crippen molar-refractivity contribution in [2.24, 2.45) is 0 Å². The number of hydrogen-bond acceptors (Lipinski definition) is 0. The SMILES string of the molecule is CCCCCCCCCCCCCC[P+](CCCCCCCC)(CCCCCCCC)CCCCCCCC.[Br-]. The van der Waals surface area contributed by atoms with Crippen LogP contribution in [0.5, 0.6) is 0 Å². The fourth-order valence-electron chi connectivity index (χ4n) is 6.64. The molecule has 0 aromatic heterocycles. The van der Waals surface area contributed by atoms with Crippen molar-refractivity contribution >= 4 is 7.26 Å². The molecule has 0 aromatic carbocycles. The summed E-state index contributed by atoms with van der Waals surface area (Å²) in [7, 11) is -0.743. The van der Waals surface area contributed by atoms with Crippen LogP contribution in [-0.2, 0) is 0 Å². The normalized spacial score (nSPS) is 11.7. The van der Waals surface area contributed by atoms with Crippen LogP contribution in [0.25, 0.3) is 0 Å². The molecule has 0 N–H and O–H groups in total. The second-order valence-electron chi connectivity index (χ2n) is 13.4. The van der Waals surface area contributed by atoms with Crippen molar-refractivity contribution in [1.82, 2.24) is 0 Å². The molecule has 0 heterocycles. The van der Waals surface area contributed by atoms with Crippen LogP contribution in [0.2, 0.25) is 0 Å². The standard InChI is InChI=1S/C38H80P.BrH/c1-5-9-13-17-21-22-23-24-25-26-30-34-38-39(35-31-27-18-14-10-6-2,36-32-28-19-15-11-7-3)37-33-29-20-16-12-8-4;/h5-38H2,1-4H3;1H/q+1;/p-1. The van der Waals surface area contributed by atoms with Crippen molar-refractivity contribution in [2.45, 2.75) is 220 Å². The summed E-state index contributed by atoms with van der Waals surface area (Å²) < 4.78 is 0. The summed E-state index contributed by atoms with van der Waals surface area (Å²) in [6.07, 6.45) is 51.2. The van der Waals surface area contributed by atoms with Crippen LogP contribution in [0.4, 0.5) is 0 Å². The number of halogens is 1. The lowest BCUT2D eigenvalue weighted by Gasteiger charge is -2.28. The van der Waals surface area contributed by atoms with Gasteiger partial charge in [-0.1, -0.05) is 169 Å². The molecule has 40 heavy (non-hydrogen) atoms. The summed E-state index contributed by atoms with van der Waals surface area (Å²) in [5.41, 5.74) is 0. The molecule has 244 valence electrons. The number of unbranched alkanes of at least 4 members (excludes halogenated alkanes) is 26. The minimum Gasteiger partial charge on any atom is -1.00 e. The zero-order valence-electron chi connectivity index (χ0n) is 28.9. The third kappa shape index (κ3) is 30.4. The van der Waals surface area contributed by atoms with Gasteiger partial charge in [-0.2, -0.15) is 0 Å². The molecule has 0 fully saturated rings. The minimum absolute atomic E-state index is 0. The van der Waals surface area contributed by atoms with E-state index >= 15 is 0 Å². The van der Waals surface area contributed by atoms with Crippen LogP contribution >= 0.6 is 7.26 Å². The Hall–Kier alpha value is 0.910. The Morgan fingerprint density at radius 2 is 0.375 bits per heavy atom. The largest absolute Gasteiger partial charge is 1.00 e. The van der Waals surface area contributed by atoms with E-state index in [0.717, 1.165) is 0 Å². The fourth-order valence-corrected chi connectivity index (χ4v) is 11.6. The maximum absolute atomic E-state index is 2.35. The zero-order chi connectivity index (χ0) is 28.5. The van der Waals surface area contributed by atoms with Crippen LogP contribution in [0.15, 0.2) is 0 Å². The molecule has 0 atom stereocenters. The maximum Gasteiger partial charge on any atom is 0.0594 e. The molecule has 0 aliphatic heterocycles. The highest BCUT2D eigenvalue weighted by Gasteiger charge is 2.34. The first-order valence-corrected chi connectivity index (χ1v) is 21.6. The fraction of sp³-hybridized carbons (Fsp3) is 1.00. The van der Waals surface area contributed by atoms with Gasteiger partial charge in [0.1, 0.15) is 0 Å². The molecular weight excluding hydrogens is 567 g/mol. The Morgan fingerprint density at radius 3 is 0.550 bits per heavy atom. The summed E-state index contributed by atoms with van der Waals surface area (Å²) in [5, 5.41) is 0. The Morgan fingerprint density at radius 1 is 0.225 bits per heavy atom. The zero-order valence-corrected chi connectivity index (χ0v) is 31.3. The number of rotatable bonds is 34. The van der Waals surface area contributed by atoms with E-state index in [1.807, 2.05) is 0 Å². The first kappa shape index (κ1) is 43.0. The molecule has 0 saturated heterocycles. The molecule has 0 radical (unpaired) electrons. The van der Waals surface area contributed by atoms with Gasteiger partial charge >= 0.3 is 0 Å². The van der Waals surface area contributed by atoms with Crippen molar-refractivity contribution in [3.05, 3.63) is 0 Å². The van der Waals surface area contributed by atoms with Crippen molar-refractivity contribution in [3.8, 4) is 0 Å². The molecule has 0 saturated carbocycles. The average molecular weight is 648 g/mol. The average Bonchev–Trinajstić information content (AvgIpc) is 2.95. The van der Waals surface area contributed by atoms with Crippen LogP contribution in [-0.4, -0.2) is 24.6 Å². The first-order chi connectivity index (χ1) is 19.2. The van der Waals surface area contributed by atoms with Gasteiger partial charge in [0.15, 0.2) is 0 Å². The lowest BCUT2D eigenvalue weighted by atomic mass is 10.1. The van der Waals surface area contributed by atoms with Gasteiger partial charge in [-0.05, 0) is 51.4 Å². The highest BCUT2D eigenvalue weighted by Crippen LogP contribution is 2.61. The summed E-state index contributed by atoms with van der Waals surface area (Å²) in [6, 6.07) is 0. The Labute approximate surface area is 268 Å². The lowest BCUT2D eigenvalue weighted by molar-refractivity contribution is -0.00000886. The van der Waals surface area contributed by atoms with Gasteiger partial charge in [0.25, 0.3) is 0 Å². The van der Waals surface area contributed by atoms with E-state index in [4.69, 9.17) is 0 Å². The highest BCUT2D eigenvalue weighted by molar-refractivity contribution is 7.75. The highest BCUT2D eigenvalue weighted by atomic mass is 79.9. The third-order valence-corrected chi connectivity index (χ3v) is 14.5. The van der Waals surface area contributed by atoms with Gasteiger partial charge in [-0.25, -0.2) is 0 Å². The van der Waals surface area contributed by atoms with Gasteiger partial charge in [0.05, 0.1) is 24.6 Å². The summed E-state index contributed by atoms with van der Waals surface area (Å²) >= 11 is 0. The van der Waals surface area contributed by atoms with Crippen molar-refractivity contribution in [3.63, 3.8) is 0 Å². The molecule has 0 amide bonds. The smallest absolute Gasteiger partial charge is 0.0594 e. The van der Waals surface area contributed by atoms with E-state index in [-0.39, 0.29) is 17.0 Å². The van der Waals surface area contributed by atoms with E-state index in [1.54, 1.807) is 50.3 Å². The topological polar surface area (TPSA) is 0 Å². The van der Waals surface area contributed by atoms with E-state index < -0.39 is 7.26 Å². The summed E-state index contributed by atoms with van der Waals surface area (Å²) in [6.45, 7) is 9.38. The van der Waals surface area contributed by atoms with Gasteiger partial charge in [0.2, 0.25) is 0 Å². The molecule has 0 spiro atoms. The van der Waals surface area contributed by atoms with E-state index in [0.29, 0.717) is 0 Å². The lowest BCUT2D eigenvalue weighted by Crippen LogP contribution is -3.00. The van der Waals surface area contributed by atoms with Crippen molar-refractivity contribution in [1.29, 1.82) is 0 Å². The second kappa shape index (κ2) is 36.1. The van der Waals surface area contributed by atoms with Crippen LogP contribution in [0.1, 0.15) is 220 Å². The predicted octanol–water partition coefficient (Wildman–Crippen LogP) is 11.8. The van der Waals surface area contributed by atoms with E-state index in [1.165, 1.54) is 167 Å². The molecule has 0 unspecified atom stereocenters. The minimum atomic E-state index is -0.743.